The van der Waals surface area contributed by atoms with Crippen molar-refractivity contribution in [2.75, 3.05) is 0 Å². The SMILES string of the molecule is O=P1(c2ccccc2)c2ccccc2C2(c3ccccc3Sc3cc(-n4c5ccccc5c5cc6c(cc54)oc4ccccc46)ccc32)c2cc3c(cc21)oc1ccccc13. The average molecular weight is 818 g/mol. The maximum atomic E-state index is 16.5. The molecule has 0 N–H and O–H groups in total. The van der Waals surface area contributed by atoms with Crippen LogP contribution in [0.15, 0.2) is 213 Å². The van der Waals surface area contributed by atoms with Gasteiger partial charge in [-0.2, -0.15) is 0 Å². The minimum atomic E-state index is -3.43. The molecule has 9 aromatic carbocycles. The van der Waals surface area contributed by atoms with Crippen LogP contribution in [0.5, 0.6) is 0 Å². The fourth-order valence-corrected chi connectivity index (χ4v) is 15.2. The van der Waals surface area contributed by atoms with E-state index in [1.54, 1.807) is 0 Å². The standard InChI is InChI=1S/C55H32NO3PS/c57-60(34-14-2-1-3-15-34)51-24-12-7-19-41(51)55(44-30-40-37-18-6-11-23-48(37)59-50(40)32-52(44)60)42-20-8-13-25-53(42)61-54-28-33(26-27-43(54)55)56-45-21-9-4-16-35(45)38-29-39-36-17-5-10-22-47(36)58-49(39)31-46(38)56/h1-32H. The van der Waals surface area contributed by atoms with Crippen LogP contribution in [-0.4, -0.2) is 4.57 Å². The lowest BCUT2D eigenvalue weighted by molar-refractivity contribution is 0.589. The molecule has 6 heteroatoms. The molecule has 4 nitrogen and oxygen atoms in total. The molecule has 1 spiro atoms. The zero-order valence-electron chi connectivity index (χ0n) is 32.5. The van der Waals surface area contributed by atoms with E-state index in [1.807, 2.05) is 72.4 Å². The van der Waals surface area contributed by atoms with E-state index < -0.39 is 12.6 Å². The summed E-state index contributed by atoms with van der Waals surface area (Å²) in [7, 11) is -3.43. The van der Waals surface area contributed by atoms with Crippen LogP contribution in [0, 0.1) is 0 Å². The van der Waals surface area contributed by atoms with E-state index in [0.29, 0.717) is 0 Å². The molecule has 0 saturated carbocycles. The molecule has 286 valence electrons. The molecule has 0 aliphatic carbocycles. The number of fused-ring (bicyclic) bond motifs is 17. The Kier molecular flexibility index (Phi) is 6.66. The highest BCUT2D eigenvalue weighted by Crippen LogP contribution is 2.62. The van der Waals surface area contributed by atoms with Gasteiger partial charge in [-0.15, -0.1) is 0 Å². The molecule has 2 unspecified atom stereocenters. The zero-order chi connectivity index (χ0) is 40.0. The largest absolute Gasteiger partial charge is 0.456 e. The van der Waals surface area contributed by atoms with Crippen molar-refractivity contribution in [1.82, 2.24) is 4.57 Å². The summed E-state index contributed by atoms with van der Waals surface area (Å²) in [5, 5.41) is 9.17. The molecule has 2 aliphatic rings. The molecule has 0 bridgehead atoms. The van der Waals surface area contributed by atoms with E-state index in [-0.39, 0.29) is 0 Å². The van der Waals surface area contributed by atoms with Crippen molar-refractivity contribution in [3.05, 3.63) is 216 Å². The van der Waals surface area contributed by atoms with Gasteiger partial charge in [-0.05, 0) is 76.9 Å². The highest BCUT2D eigenvalue weighted by molar-refractivity contribution is 7.99. The Morgan fingerprint density at radius 1 is 0.410 bits per heavy atom. The summed E-state index contributed by atoms with van der Waals surface area (Å²) in [6.45, 7) is 0. The van der Waals surface area contributed by atoms with Crippen LogP contribution in [0.25, 0.3) is 71.4 Å². The molecular formula is C55H32NO3PS. The van der Waals surface area contributed by atoms with Gasteiger partial charge in [0.05, 0.1) is 16.4 Å². The first-order chi connectivity index (χ1) is 30.1. The number of furan rings is 2. The third-order valence-corrected chi connectivity index (χ3v) is 17.6. The molecule has 3 aromatic heterocycles. The van der Waals surface area contributed by atoms with Crippen molar-refractivity contribution in [2.24, 2.45) is 0 Å². The molecule has 0 radical (unpaired) electrons. The molecule has 5 heterocycles. The highest BCUT2D eigenvalue weighted by Gasteiger charge is 2.54. The topological polar surface area (TPSA) is 48.3 Å². The summed E-state index contributed by atoms with van der Waals surface area (Å²) >= 11 is 1.81. The first-order valence-electron chi connectivity index (χ1n) is 20.6. The van der Waals surface area contributed by atoms with Crippen molar-refractivity contribution in [2.45, 2.75) is 15.2 Å². The second-order valence-corrected chi connectivity index (χ2v) is 20.1. The average Bonchev–Trinajstić information content (AvgIpc) is 3.98. The summed E-state index contributed by atoms with van der Waals surface area (Å²) in [5.74, 6) is 0. The van der Waals surface area contributed by atoms with Crippen LogP contribution in [-0.2, 0) is 9.98 Å². The van der Waals surface area contributed by atoms with E-state index in [1.165, 1.54) is 26.8 Å². The van der Waals surface area contributed by atoms with E-state index in [4.69, 9.17) is 8.83 Å². The minimum Gasteiger partial charge on any atom is -0.456 e. The van der Waals surface area contributed by atoms with Crippen molar-refractivity contribution < 1.29 is 13.4 Å². The smallest absolute Gasteiger partial charge is 0.171 e. The lowest BCUT2D eigenvalue weighted by Gasteiger charge is -2.47. The summed E-state index contributed by atoms with van der Waals surface area (Å²) in [5.41, 5.74) is 10.3. The first kappa shape index (κ1) is 33.8. The van der Waals surface area contributed by atoms with Gasteiger partial charge in [-0.3, -0.25) is 0 Å². The van der Waals surface area contributed by atoms with Gasteiger partial charge < -0.3 is 18.0 Å². The van der Waals surface area contributed by atoms with Crippen molar-refractivity contribution >= 4 is 101 Å². The monoisotopic (exact) mass is 817 g/mol. The van der Waals surface area contributed by atoms with E-state index in [9.17, 15) is 0 Å². The van der Waals surface area contributed by atoms with Gasteiger partial charge in [0.2, 0.25) is 0 Å². The molecule has 14 rings (SSSR count). The predicted octanol–water partition coefficient (Wildman–Crippen LogP) is 13.4. The first-order valence-corrected chi connectivity index (χ1v) is 23.1. The summed E-state index contributed by atoms with van der Waals surface area (Å²) in [6.07, 6.45) is 0. The molecule has 2 atom stereocenters. The van der Waals surface area contributed by atoms with Gasteiger partial charge >= 0.3 is 0 Å². The van der Waals surface area contributed by atoms with Crippen LogP contribution < -0.4 is 15.9 Å². The maximum absolute atomic E-state index is 16.5. The van der Waals surface area contributed by atoms with Gasteiger partial charge in [0.25, 0.3) is 0 Å². The minimum absolute atomic E-state index is 0.740. The Morgan fingerprint density at radius 2 is 1.03 bits per heavy atom. The number of para-hydroxylation sites is 3. The fraction of sp³-hybridized carbons (Fsp3) is 0.0182. The number of hydrogen-bond donors (Lipinski definition) is 0. The van der Waals surface area contributed by atoms with Crippen molar-refractivity contribution in [3.63, 3.8) is 0 Å². The third kappa shape index (κ3) is 4.29. The van der Waals surface area contributed by atoms with Gasteiger partial charge in [0, 0.05) is 69.8 Å². The molecule has 0 fully saturated rings. The van der Waals surface area contributed by atoms with Crippen LogP contribution in [0.4, 0.5) is 0 Å². The Hall–Kier alpha value is -7.04. The van der Waals surface area contributed by atoms with Crippen LogP contribution >= 0.6 is 18.9 Å². The molecule has 12 aromatic rings. The third-order valence-electron chi connectivity index (χ3n) is 13.3. The predicted molar refractivity (Wildman–Crippen MR) is 251 cm³/mol. The second kappa shape index (κ2) is 12.0. The molecule has 0 amide bonds. The molecule has 2 aliphatic heterocycles. The maximum Gasteiger partial charge on any atom is 0.171 e. The van der Waals surface area contributed by atoms with Gasteiger partial charge in [-0.1, -0.05) is 145 Å². The highest BCUT2D eigenvalue weighted by atomic mass is 32.2. The number of aromatic nitrogens is 1. The number of rotatable bonds is 2. The quantitative estimate of drug-likeness (QED) is 0.163. The lowest BCUT2D eigenvalue weighted by Crippen LogP contribution is -2.48. The Labute approximate surface area is 354 Å². The second-order valence-electron chi connectivity index (χ2n) is 16.3. The van der Waals surface area contributed by atoms with Crippen molar-refractivity contribution in [3.8, 4) is 5.69 Å². The zero-order valence-corrected chi connectivity index (χ0v) is 34.2. The Bertz CT molecular complexity index is 3910. The molecule has 0 saturated heterocycles. The van der Waals surface area contributed by atoms with Crippen LogP contribution in [0.1, 0.15) is 22.3 Å². The normalized spacial score (nSPS) is 18.0. The van der Waals surface area contributed by atoms with Gasteiger partial charge in [0.1, 0.15) is 22.3 Å². The van der Waals surface area contributed by atoms with Gasteiger partial charge in [0.15, 0.2) is 7.14 Å². The number of nitrogens with zero attached hydrogens (tertiary/aromatic N) is 1. The Balaban J connectivity index is 1.10. The summed E-state index contributed by atoms with van der Waals surface area (Å²) in [6, 6.07) is 68.4. The summed E-state index contributed by atoms with van der Waals surface area (Å²) in [4.78, 5) is 2.33. The fourth-order valence-electron chi connectivity index (χ4n) is 10.8. The summed E-state index contributed by atoms with van der Waals surface area (Å²) < 4.78 is 32.0. The van der Waals surface area contributed by atoms with Crippen LogP contribution in [0.3, 0.4) is 0 Å². The van der Waals surface area contributed by atoms with Crippen molar-refractivity contribution in [1.29, 1.82) is 0 Å². The van der Waals surface area contributed by atoms with E-state index >= 15 is 4.57 Å². The van der Waals surface area contributed by atoms with Gasteiger partial charge in [-0.25, -0.2) is 0 Å². The molecule has 61 heavy (non-hydrogen) atoms. The Morgan fingerprint density at radius 3 is 1.84 bits per heavy atom. The number of hydrogen-bond acceptors (Lipinski definition) is 4. The van der Waals surface area contributed by atoms with E-state index in [0.717, 1.165) is 92.5 Å². The van der Waals surface area contributed by atoms with E-state index in [2.05, 4.69) is 138 Å². The van der Waals surface area contributed by atoms with Crippen LogP contribution in [0.2, 0.25) is 0 Å². The molecular weight excluding hydrogens is 786 g/mol. The number of benzene rings is 9. The lowest BCUT2D eigenvalue weighted by atomic mass is 9.64.